The van der Waals surface area contributed by atoms with Gasteiger partial charge in [-0.3, -0.25) is 9.59 Å². The molecule has 0 aliphatic rings. The number of ether oxygens (including phenoxy) is 2. The standard InChI is InChI=1S/C16H22ClNO4/c1-12(16(20)21-3)11-18(2)15(19)5-4-10-22-14-8-6-13(17)7-9-14/h6-9,12H,4-5,10-11H2,1-3H3. The first-order valence-electron chi connectivity index (χ1n) is 7.14. The molecule has 1 aromatic rings. The second-order valence-corrected chi connectivity index (χ2v) is 5.54. The van der Waals surface area contributed by atoms with Crippen molar-refractivity contribution in [2.75, 3.05) is 27.3 Å². The van der Waals surface area contributed by atoms with Gasteiger partial charge in [0, 0.05) is 25.0 Å². The molecule has 0 fully saturated rings. The second kappa shape index (κ2) is 9.30. The number of carbonyl (C=O) groups is 2. The van der Waals surface area contributed by atoms with Gasteiger partial charge in [-0.15, -0.1) is 0 Å². The van der Waals surface area contributed by atoms with Crippen molar-refractivity contribution in [1.82, 2.24) is 4.90 Å². The molecule has 0 N–H and O–H groups in total. The largest absolute Gasteiger partial charge is 0.494 e. The van der Waals surface area contributed by atoms with E-state index in [1.165, 1.54) is 7.11 Å². The van der Waals surface area contributed by atoms with Crippen molar-refractivity contribution in [2.45, 2.75) is 19.8 Å². The third-order valence-electron chi connectivity index (χ3n) is 3.19. The van der Waals surface area contributed by atoms with Crippen LogP contribution in [0.3, 0.4) is 0 Å². The summed E-state index contributed by atoms with van der Waals surface area (Å²) in [7, 11) is 3.02. The topological polar surface area (TPSA) is 55.8 Å². The van der Waals surface area contributed by atoms with Crippen molar-refractivity contribution in [3.8, 4) is 5.75 Å². The number of rotatable bonds is 8. The van der Waals surface area contributed by atoms with Crippen LogP contribution in [0.5, 0.6) is 5.75 Å². The Morgan fingerprint density at radius 2 is 1.91 bits per heavy atom. The van der Waals surface area contributed by atoms with Gasteiger partial charge in [-0.1, -0.05) is 18.5 Å². The highest BCUT2D eigenvalue weighted by molar-refractivity contribution is 6.30. The van der Waals surface area contributed by atoms with Gasteiger partial charge in [0.2, 0.25) is 5.91 Å². The van der Waals surface area contributed by atoms with Crippen LogP contribution in [0, 0.1) is 5.92 Å². The normalized spacial score (nSPS) is 11.6. The van der Waals surface area contributed by atoms with E-state index in [-0.39, 0.29) is 17.8 Å². The molecule has 0 spiro atoms. The lowest BCUT2D eigenvalue weighted by Crippen LogP contribution is -2.34. The Labute approximate surface area is 136 Å². The van der Waals surface area contributed by atoms with Crippen LogP contribution in [-0.4, -0.2) is 44.1 Å². The van der Waals surface area contributed by atoms with E-state index in [1.54, 1.807) is 43.1 Å². The van der Waals surface area contributed by atoms with Crippen LogP contribution in [0.1, 0.15) is 19.8 Å². The molecule has 0 aliphatic carbocycles. The van der Waals surface area contributed by atoms with Crippen molar-refractivity contribution in [3.05, 3.63) is 29.3 Å². The van der Waals surface area contributed by atoms with E-state index in [4.69, 9.17) is 16.3 Å². The van der Waals surface area contributed by atoms with Crippen molar-refractivity contribution < 1.29 is 19.1 Å². The predicted octanol–water partition coefficient (Wildman–Crippen LogP) is 2.77. The van der Waals surface area contributed by atoms with Crippen molar-refractivity contribution in [3.63, 3.8) is 0 Å². The zero-order valence-corrected chi connectivity index (χ0v) is 13.9. The van der Waals surface area contributed by atoms with Crippen molar-refractivity contribution in [1.29, 1.82) is 0 Å². The van der Waals surface area contributed by atoms with Gasteiger partial charge in [-0.05, 0) is 30.7 Å². The Morgan fingerprint density at radius 1 is 1.27 bits per heavy atom. The summed E-state index contributed by atoms with van der Waals surface area (Å²) in [6, 6.07) is 7.08. The van der Waals surface area contributed by atoms with E-state index in [0.29, 0.717) is 31.0 Å². The van der Waals surface area contributed by atoms with Crippen LogP contribution in [0.4, 0.5) is 0 Å². The smallest absolute Gasteiger partial charge is 0.310 e. The number of hydrogen-bond acceptors (Lipinski definition) is 4. The highest BCUT2D eigenvalue weighted by Crippen LogP contribution is 2.15. The second-order valence-electron chi connectivity index (χ2n) is 5.10. The maximum absolute atomic E-state index is 11.9. The molecule has 6 heteroatoms. The van der Waals surface area contributed by atoms with Gasteiger partial charge in [0.25, 0.3) is 0 Å². The third-order valence-corrected chi connectivity index (χ3v) is 3.45. The van der Waals surface area contributed by atoms with Gasteiger partial charge in [-0.2, -0.15) is 0 Å². The van der Waals surface area contributed by atoms with Crippen LogP contribution in [0.15, 0.2) is 24.3 Å². The quantitative estimate of drug-likeness (QED) is 0.544. The number of carbonyl (C=O) groups excluding carboxylic acids is 2. The zero-order chi connectivity index (χ0) is 16.5. The fourth-order valence-electron chi connectivity index (χ4n) is 1.92. The van der Waals surface area contributed by atoms with Crippen LogP contribution in [-0.2, 0) is 14.3 Å². The van der Waals surface area contributed by atoms with Gasteiger partial charge in [0.15, 0.2) is 0 Å². The lowest BCUT2D eigenvalue weighted by molar-refractivity contribution is -0.146. The molecule has 0 heterocycles. The first-order valence-corrected chi connectivity index (χ1v) is 7.52. The molecular weight excluding hydrogens is 306 g/mol. The molecule has 1 aromatic carbocycles. The molecule has 22 heavy (non-hydrogen) atoms. The SMILES string of the molecule is COC(=O)C(C)CN(C)C(=O)CCCOc1ccc(Cl)cc1. The van der Waals surface area contributed by atoms with Crippen LogP contribution in [0.2, 0.25) is 5.02 Å². The molecule has 1 amide bonds. The van der Waals surface area contributed by atoms with Gasteiger partial charge < -0.3 is 14.4 Å². The van der Waals surface area contributed by atoms with Crippen molar-refractivity contribution >= 4 is 23.5 Å². The molecular formula is C16H22ClNO4. The highest BCUT2D eigenvalue weighted by atomic mass is 35.5. The third kappa shape index (κ3) is 6.35. The first-order chi connectivity index (χ1) is 10.4. The summed E-state index contributed by atoms with van der Waals surface area (Å²) in [6.07, 6.45) is 0.983. The molecule has 0 radical (unpaired) electrons. The summed E-state index contributed by atoms with van der Waals surface area (Å²) in [6.45, 7) is 2.54. The predicted molar refractivity (Wildman–Crippen MR) is 85.0 cm³/mol. The molecule has 122 valence electrons. The van der Waals surface area contributed by atoms with Gasteiger partial charge in [0.05, 0.1) is 19.6 Å². The Hall–Kier alpha value is -1.75. The van der Waals surface area contributed by atoms with Crippen molar-refractivity contribution in [2.24, 2.45) is 5.92 Å². The lowest BCUT2D eigenvalue weighted by atomic mass is 10.1. The van der Waals surface area contributed by atoms with Gasteiger partial charge >= 0.3 is 5.97 Å². The Morgan fingerprint density at radius 3 is 2.50 bits per heavy atom. The van der Waals surface area contributed by atoms with Crippen LogP contribution >= 0.6 is 11.6 Å². The van der Waals surface area contributed by atoms with Crippen LogP contribution < -0.4 is 4.74 Å². The summed E-state index contributed by atoms with van der Waals surface area (Å²) in [5, 5.41) is 0.656. The summed E-state index contributed by atoms with van der Waals surface area (Å²) in [5.41, 5.74) is 0. The minimum absolute atomic E-state index is 0.0181. The monoisotopic (exact) mass is 327 g/mol. The number of halogens is 1. The van der Waals surface area contributed by atoms with Gasteiger partial charge in [0.1, 0.15) is 5.75 Å². The summed E-state index contributed by atoms with van der Waals surface area (Å²) < 4.78 is 10.2. The molecule has 0 saturated carbocycles. The number of amides is 1. The fraction of sp³-hybridized carbons (Fsp3) is 0.500. The molecule has 1 rings (SSSR count). The summed E-state index contributed by atoms with van der Waals surface area (Å²) in [5.74, 6) is 0.0648. The highest BCUT2D eigenvalue weighted by Gasteiger charge is 2.18. The Bertz CT molecular complexity index is 489. The number of benzene rings is 1. The lowest BCUT2D eigenvalue weighted by Gasteiger charge is -2.20. The number of methoxy groups -OCH3 is 1. The Kier molecular flexibility index (Phi) is 7.74. The van der Waals surface area contributed by atoms with E-state index in [2.05, 4.69) is 4.74 Å². The van der Waals surface area contributed by atoms with E-state index in [1.807, 2.05) is 0 Å². The van der Waals surface area contributed by atoms with E-state index in [9.17, 15) is 9.59 Å². The average Bonchev–Trinajstić information content (AvgIpc) is 2.51. The van der Waals surface area contributed by atoms with E-state index >= 15 is 0 Å². The molecule has 1 unspecified atom stereocenters. The molecule has 1 atom stereocenters. The van der Waals surface area contributed by atoms with Gasteiger partial charge in [-0.25, -0.2) is 0 Å². The van der Waals surface area contributed by atoms with E-state index in [0.717, 1.165) is 5.75 Å². The van der Waals surface area contributed by atoms with E-state index < -0.39 is 0 Å². The summed E-state index contributed by atoms with van der Waals surface area (Å²) in [4.78, 5) is 24.8. The molecule has 0 aromatic heterocycles. The zero-order valence-electron chi connectivity index (χ0n) is 13.2. The minimum atomic E-state index is -0.329. The molecule has 0 bridgehead atoms. The fourth-order valence-corrected chi connectivity index (χ4v) is 2.05. The average molecular weight is 328 g/mol. The molecule has 0 saturated heterocycles. The number of esters is 1. The number of nitrogens with zero attached hydrogens (tertiary/aromatic N) is 1. The molecule has 0 aliphatic heterocycles. The molecule has 5 nitrogen and oxygen atoms in total. The maximum Gasteiger partial charge on any atom is 0.310 e. The Balaban J connectivity index is 2.24. The minimum Gasteiger partial charge on any atom is -0.494 e. The van der Waals surface area contributed by atoms with Crippen LogP contribution in [0.25, 0.3) is 0 Å². The first kappa shape index (κ1) is 18.3. The number of hydrogen-bond donors (Lipinski definition) is 0. The summed E-state index contributed by atoms with van der Waals surface area (Å²) >= 11 is 5.78. The maximum atomic E-state index is 11.9.